The predicted octanol–water partition coefficient (Wildman–Crippen LogP) is 3.34. The van der Waals surface area contributed by atoms with Gasteiger partial charge in [0.25, 0.3) is 0 Å². The van der Waals surface area contributed by atoms with Crippen LogP contribution in [0, 0.1) is 28.7 Å². The average molecular weight is 266 g/mol. The van der Waals surface area contributed by atoms with Crippen molar-refractivity contribution in [1.82, 2.24) is 5.16 Å². The number of nitrogens with zero attached hydrogens (tertiary/aromatic N) is 2. The molecule has 0 bridgehead atoms. The van der Waals surface area contributed by atoms with Gasteiger partial charge in [-0.2, -0.15) is 0 Å². The summed E-state index contributed by atoms with van der Waals surface area (Å²) >= 11 is 0. The number of hydrogen-bond acceptors (Lipinski definition) is 4. The van der Waals surface area contributed by atoms with Crippen molar-refractivity contribution in [3.8, 4) is 0 Å². The maximum atomic E-state index is 13.3. The standard InChI is InChI=1S/C12H8F2N2O3/c1-7-12(16(17)18)11(15-19-7)5-3-8-2-4-9(13)6-10(8)14/h2-6H,1H3/b5-3+. The lowest BCUT2D eigenvalue weighted by Crippen LogP contribution is -1.90. The van der Waals surface area contributed by atoms with Crippen molar-refractivity contribution in [3.05, 3.63) is 57.0 Å². The molecular weight excluding hydrogens is 258 g/mol. The summed E-state index contributed by atoms with van der Waals surface area (Å²) in [6, 6.07) is 3.04. The first-order valence-corrected chi connectivity index (χ1v) is 5.23. The molecule has 7 heteroatoms. The molecule has 1 heterocycles. The Balaban J connectivity index is 2.35. The smallest absolute Gasteiger partial charge is 0.338 e. The highest BCUT2D eigenvalue weighted by molar-refractivity contribution is 5.72. The molecule has 0 aliphatic heterocycles. The van der Waals surface area contributed by atoms with E-state index < -0.39 is 16.6 Å². The third kappa shape index (κ3) is 2.65. The summed E-state index contributed by atoms with van der Waals surface area (Å²) in [5, 5.41) is 14.3. The number of hydrogen-bond donors (Lipinski definition) is 0. The maximum Gasteiger partial charge on any atom is 0.338 e. The summed E-state index contributed by atoms with van der Waals surface area (Å²) in [5.74, 6) is -1.40. The minimum atomic E-state index is -0.765. The lowest BCUT2D eigenvalue weighted by molar-refractivity contribution is -0.386. The number of aromatic nitrogens is 1. The van der Waals surface area contributed by atoms with Gasteiger partial charge in [0.05, 0.1) is 4.92 Å². The molecule has 0 radical (unpaired) electrons. The molecule has 0 aliphatic rings. The molecule has 0 aliphatic carbocycles. The fourth-order valence-electron chi connectivity index (χ4n) is 1.52. The Morgan fingerprint density at radius 2 is 2.11 bits per heavy atom. The lowest BCUT2D eigenvalue weighted by Gasteiger charge is -1.95. The van der Waals surface area contributed by atoms with Gasteiger partial charge in [-0.3, -0.25) is 10.1 Å². The molecule has 19 heavy (non-hydrogen) atoms. The SMILES string of the molecule is Cc1onc(/C=C/c2ccc(F)cc2F)c1[N+](=O)[O-]. The third-order valence-electron chi connectivity index (χ3n) is 2.42. The van der Waals surface area contributed by atoms with E-state index in [4.69, 9.17) is 4.52 Å². The first-order valence-electron chi connectivity index (χ1n) is 5.23. The Hall–Kier alpha value is -2.57. The van der Waals surface area contributed by atoms with Crippen LogP contribution in [0.15, 0.2) is 22.7 Å². The van der Waals surface area contributed by atoms with Gasteiger partial charge < -0.3 is 4.52 Å². The van der Waals surface area contributed by atoms with E-state index in [1.165, 1.54) is 25.1 Å². The molecule has 0 fully saturated rings. The van der Waals surface area contributed by atoms with Gasteiger partial charge in [-0.25, -0.2) is 8.78 Å². The Kier molecular flexibility index (Phi) is 3.37. The highest BCUT2D eigenvalue weighted by atomic mass is 19.1. The van der Waals surface area contributed by atoms with Crippen LogP contribution in [0.1, 0.15) is 17.0 Å². The Bertz CT molecular complexity index is 665. The molecule has 5 nitrogen and oxygen atoms in total. The molecule has 0 saturated carbocycles. The molecule has 0 N–H and O–H groups in total. The van der Waals surface area contributed by atoms with Crippen molar-refractivity contribution in [1.29, 1.82) is 0 Å². The van der Waals surface area contributed by atoms with Crippen LogP contribution in [0.25, 0.3) is 12.2 Å². The van der Waals surface area contributed by atoms with Gasteiger partial charge in [-0.15, -0.1) is 0 Å². The van der Waals surface area contributed by atoms with E-state index in [9.17, 15) is 18.9 Å². The molecular formula is C12H8F2N2O3. The van der Waals surface area contributed by atoms with Gasteiger partial charge in [0.2, 0.25) is 5.76 Å². The summed E-state index contributed by atoms with van der Waals surface area (Å²) in [4.78, 5) is 10.1. The highest BCUT2D eigenvalue weighted by Gasteiger charge is 2.21. The van der Waals surface area contributed by atoms with Gasteiger partial charge in [0, 0.05) is 18.6 Å². The average Bonchev–Trinajstić information content (AvgIpc) is 2.69. The van der Waals surface area contributed by atoms with Crippen molar-refractivity contribution >= 4 is 17.8 Å². The van der Waals surface area contributed by atoms with Crippen LogP contribution in [0.3, 0.4) is 0 Å². The number of halogens is 2. The molecule has 2 aromatic rings. The second-order valence-electron chi connectivity index (χ2n) is 3.73. The number of aryl methyl sites for hydroxylation is 1. The van der Waals surface area contributed by atoms with E-state index in [2.05, 4.69) is 5.16 Å². The molecule has 0 saturated heterocycles. The Morgan fingerprint density at radius 3 is 2.74 bits per heavy atom. The minimum Gasteiger partial charge on any atom is -0.354 e. The van der Waals surface area contributed by atoms with Crippen LogP contribution < -0.4 is 0 Å². The van der Waals surface area contributed by atoms with Crippen molar-refractivity contribution in [2.75, 3.05) is 0 Å². The van der Waals surface area contributed by atoms with Crippen LogP contribution >= 0.6 is 0 Å². The Morgan fingerprint density at radius 1 is 1.37 bits per heavy atom. The van der Waals surface area contributed by atoms with Crippen molar-refractivity contribution in [2.24, 2.45) is 0 Å². The van der Waals surface area contributed by atoms with Gasteiger partial charge in [-0.1, -0.05) is 5.16 Å². The second kappa shape index (κ2) is 4.97. The molecule has 0 unspecified atom stereocenters. The lowest BCUT2D eigenvalue weighted by atomic mass is 10.1. The normalized spacial score (nSPS) is 11.1. The zero-order valence-corrected chi connectivity index (χ0v) is 9.76. The van der Waals surface area contributed by atoms with Crippen molar-refractivity contribution in [3.63, 3.8) is 0 Å². The zero-order valence-electron chi connectivity index (χ0n) is 9.76. The van der Waals surface area contributed by atoms with E-state index in [1.54, 1.807) is 0 Å². The first kappa shape index (κ1) is 12.9. The van der Waals surface area contributed by atoms with Crippen LogP contribution in [-0.2, 0) is 0 Å². The van der Waals surface area contributed by atoms with Gasteiger partial charge in [0.1, 0.15) is 11.6 Å². The third-order valence-corrected chi connectivity index (χ3v) is 2.42. The summed E-state index contributed by atoms with van der Waals surface area (Å²) in [6.45, 7) is 1.40. The number of rotatable bonds is 3. The highest BCUT2D eigenvalue weighted by Crippen LogP contribution is 2.24. The summed E-state index contributed by atoms with van der Waals surface area (Å²) in [7, 11) is 0. The molecule has 1 aromatic carbocycles. The molecule has 1 aromatic heterocycles. The second-order valence-corrected chi connectivity index (χ2v) is 3.73. The van der Waals surface area contributed by atoms with Crippen molar-refractivity contribution < 1.29 is 18.2 Å². The summed E-state index contributed by atoms with van der Waals surface area (Å²) in [6.07, 6.45) is 2.50. The maximum absolute atomic E-state index is 13.3. The summed E-state index contributed by atoms with van der Waals surface area (Å²) in [5.41, 5.74) is -0.207. The van der Waals surface area contributed by atoms with E-state index in [0.29, 0.717) is 0 Å². The van der Waals surface area contributed by atoms with Crippen LogP contribution in [0.2, 0.25) is 0 Å². The first-order chi connectivity index (χ1) is 8.99. The monoisotopic (exact) mass is 266 g/mol. The van der Waals surface area contributed by atoms with E-state index >= 15 is 0 Å². The van der Waals surface area contributed by atoms with E-state index in [-0.39, 0.29) is 22.7 Å². The van der Waals surface area contributed by atoms with Crippen LogP contribution in [0.5, 0.6) is 0 Å². The van der Waals surface area contributed by atoms with Gasteiger partial charge in [-0.05, 0) is 24.3 Å². The molecule has 0 atom stereocenters. The van der Waals surface area contributed by atoms with Gasteiger partial charge >= 0.3 is 5.69 Å². The van der Waals surface area contributed by atoms with Crippen molar-refractivity contribution in [2.45, 2.75) is 6.92 Å². The number of nitro groups is 1. The van der Waals surface area contributed by atoms with Crippen LogP contribution in [-0.4, -0.2) is 10.1 Å². The quantitative estimate of drug-likeness (QED) is 0.631. The summed E-state index contributed by atoms with van der Waals surface area (Å²) < 4.78 is 30.7. The predicted molar refractivity (Wildman–Crippen MR) is 63.2 cm³/mol. The van der Waals surface area contributed by atoms with Gasteiger partial charge in [0.15, 0.2) is 5.69 Å². The molecule has 2 rings (SSSR count). The van der Waals surface area contributed by atoms with E-state index in [1.807, 2.05) is 0 Å². The Labute approximate surface area is 106 Å². The van der Waals surface area contributed by atoms with E-state index in [0.717, 1.165) is 12.1 Å². The fraction of sp³-hybridized carbons (Fsp3) is 0.0833. The minimum absolute atomic E-state index is 0.0220. The molecule has 0 spiro atoms. The zero-order chi connectivity index (χ0) is 14.0. The number of benzene rings is 1. The topological polar surface area (TPSA) is 69.2 Å². The van der Waals surface area contributed by atoms with Crippen LogP contribution in [0.4, 0.5) is 14.5 Å². The fourth-order valence-corrected chi connectivity index (χ4v) is 1.52. The molecule has 98 valence electrons. The molecule has 0 amide bonds. The largest absolute Gasteiger partial charge is 0.354 e.